The number of carbonyl (C=O) groups is 2. The highest BCUT2D eigenvalue weighted by Crippen LogP contribution is 2.27. The zero-order valence-electron chi connectivity index (χ0n) is 20.6. The summed E-state index contributed by atoms with van der Waals surface area (Å²) in [6, 6.07) is 9.70. The van der Waals surface area contributed by atoms with Gasteiger partial charge in [0.15, 0.2) is 0 Å². The number of benzene rings is 1. The van der Waals surface area contributed by atoms with Gasteiger partial charge in [-0.25, -0.2) is 9.59 Å². The van der Waals surface area contributed by atoms with Crippen molar-refractivity contribution in [3.8, 4) is 0 Å². The maximum atomic E-state index is 11.9. The van der Waals surface area contributed by atoms with E-state index in [1.54, 1.807) is 0 Å². The summed E-state index contributed by atoms with van der Waals surface area (Å²) in [6.07, 6.45) is 5.22. The van der Waals surface area contributed by atoms with E-state index in [0.29, 0.717) is 6.42 Å². The highest BCUT2D eigenvalue weighted by atomic mass is 16.6. The van der Waals surface area contributed by atoms with Crippen molar-refractivity contribution in [2.24, 2.45) is 5.92 Å². The molecule has 2 atom stereocenters. The minimum absolute atomic E-state index is 0.155. The van der Waals surface area contributed by atoms with Gasteiger partial charge in [-0.3, -0.25) is 0 Å². The molecule has 0 saturated carbocycles. The molecule has 0 aliphatic heterocycles. The van der Waals surface area contributed by atoms with Crippen molar-refractivity contribution in [2.45, 2.75) is 85.2 Å². The minimum Gasteiger partial charge on any atom is -0.497 e. The van der Waals surface area contributed by atoms with Gasteiger partial charge in [-0.2, -0.15) is 0 Å². The van der Waals surface area contributed by atoms with Gasteiger partial charge >= 0.3 is 11.9 Å². The second-order valence-electron chi connectivity index (χ2n) is 9.86. The molecule has 0 radical (unpaired) electrons. The fourth-order valence-electron chi connectivity index (χ4n) is 2.69. The molecule has 32 heavy (non-hydrogen) atoms. The summed E-state index contributed by atoms with van der Waals surface area (Å²) in [5.74, 6) is -0.777. The summed E-state index contributed by atoms with van der Waals surface area (Å²) in [5.41, 5.74) is -0.185. The second-order valence-corrected chi connectivity index (χ2v) is 9.86. The van der Waals surface area contributed by atoms with E-state index in [9.17, 15) is 9.59 Å². The van der Waals surface area contributed by atoms with Gasteiger partial charge in [-0.1, -0.05) is 44.2 Å². The quantitative estimate of drug-likeness (QED) is 0.254. The zero-order chi connectivity index (χ0) is 24.4. The van der Waals surface area contributed by atoms with Crippen molar-refractivity contribution in [3.05, 3.63) is 60.6 Å². The number of hydrogen-bond acceptors (Lipinski definition) is 6. The van der Waals surface area contributed by atoms with Crippen LogP contribution in [0.2, 0.25) is 0 Å². The standard InChI is InChI=1S/C26H38O6/c1-19(2)21(29-16-14-23(27)31-25(3,4)5)18-22(20-12-10-9-11-13-20)30-17-15-24(28)32-26(6,7)8/h9-17,19,21-22H,18H2,1-8H3/b16-14+,17-15+/t21-,22+/m1/s1. The monoisotopic (exact) mass is 446 g/mol. The second kappa shape index (κ2) is 12.3. The van der Waals surface area contributed by atoms with E-state index in [4.69, 9.17) is 18.9 Å². The topological polar surface area (TPSA) is 71.1 Å². The molecule has 0 unspecified atom stereocenters. The summed E-state index contributed by atoms with van der Waals surface area (Å²) >= 11 is 0. The first-order chi connectivity index (χ1) is 14.8. The third-order valence-electron chi connectivity index (χ3n) is 4.08. The predicted molar refractivity (Wildman–Crippen MR) is 125 cm³/mol. The molecular formula is C26H38O6. The molecule has 0 heterocycles. The largest absolute Gasteiger partial charge is 0.497 e. The van der Waals surface area contributed by atoms with Crippen LogP contribution in [-0.2, 0) is 28.5 Å². The number of rotatable bonds is 10. The van der Waals surface area contributed by atoms with Crippen LogP contribution in [0.5, 0.6) is 0 Å². The molecular weight excluding hydrogens is 408 g/mol. The molecule has 0 aromatic heterocycles. The van der Waals surface area contributed by atoms with Crippen molar-refractivity contribution in [3.63, 3.8) is 0 Å². The number of carbonyl (C=O) groups excluding carboxylic acids is 2. The molecule has 178 valence electrons. The molecule has 0 fully saturated rings. The first-order valence-corrected chi connectivity index (χ1v) is 10.9. The van der Waals surface area contributed by atoms with Crippen molar-refractivity contribution in [1.82, 2.24) is 0 Å². The zero-order valence-corrected chi connectivity index (χ0v) is 20.6. The first kappa shape index (κ1) is 27.3. The van der Waals surface area contributed by atoms with Crippen LogP contribution in [0.3, 0.4) is 0 Å². The van der Waals surface area contributed by atoms with E-state index < -0.39 is 23.1 Å². The first-order valence-electron chi connectivity index (χ1n) is 10.9. The van der Waals surface area contributed by atoms with Crippen LogP contribution in [0, 0.1) is 5.92 Å². The fraction of sp³-hybridized carbons (Fsp3) is 0.538. The Morgan fingerprint density at radius 3 is 1.72 bits per heavy atom. The normalized spacial score (nSPS) is 14.4. The van der Waals surface area contributed by atoms with E-state index in [-0.39, 0.29) is 18.1 Å². The molecule has 0 saturated heterocycles. The average molecular weight is 447 g/mol. The van der Waals surface area contributed by atoms with E-state index in [2.05, 4.69) is 0 Å². The molecule has 1 rings (SSSR count). The Balaban J connectivity index is 2.87. The van der Waals surface area contributed by atoms with Crippen LogP contribution in [0.25, 0.3) is 0 Å². The van der Waals surface area contributed by atoms with E-state index in [1.165, 1.54) is 24.7 Å². The Kier molecular flexibility index (Phi) is 10.5. The molecule has 1 aromatic rings. The van der Waals surface area contributed by atoms with Gasteiger partial charge in [-0.05, 0) is 53.0 Å². The summed E-state index contributed by atoms with van der Waals surface area (Å²) < 4.78 is 22.3. The van der Waals surface area contributed by atoms with Crippen LogP contribution in [-0.4, -0.2) is 29.2 Å². The molecule has 0 N–H and O–H groups in total. The predicted octanol–water partition coefficient (Wildman–Crippen LogP) is 5.89. The van der Waals surface area contributed by atoms with Gasteiger partial charge in [0.1, 0.15) is 23.4 Å². The van der Waals surface area contributed by atoms with Crippen LogP contribution in [0.1, 0.15) is 73.5 Å². The average Bonchev–Trinajstić information content (AvgIpc) is 2.63. The molecule has 0 spiro atoms. The van der Waals surface area contributed by atoms with Crippen LogP contribution < -0.4 is 0 Å². The van der Waals surface area contributed by atoms with E-state index >= 15 is 0 Å². The maximum Gasteiger partial charge on any atom is 0.334 e. The van der Waals surface area contributed by atoms with E-state index in [0.717, 1.165) is 5.56 Å². The summed E-state index contributed by atoms with van der Waals surface area (Å²) in [4.78, 5) is 23.8. The molecule has 1 aromatic carbocycles. The number of ether oxygens (including phenoxy) is 4. The van der Waals surface area contributed by atoms with Gasteiger partial charge in [0.25, 0.3) is 0 Å². The van der Waals surface area contributed by atoms with Gasteiger partial charge in [0.2, 0.25) is 0 Å². The molecule has 0 aliphatic carbocycles. The Morgan fingerprint density at radius 1 is 0.812 bits per heavy atom. The Morgan fingerprint density at radius 2 is 1.28 bits per heavy atom. The third kappa shape index (κ3) is 12.2. The van der Waals surface area contributed by atoms with Gasteiger partial charge < -0.3 is 18.9 Å². The molecule has 6 nitrogen and oxygen atoms in total. The molecule has 0 aliphatic rings. The van der Waals surface area contributed by atoms with Gasteiger partial charge in [0, 0.05) is 6.42 Å². The lowest BCUT2D eigenvalue weighted by molar-refractivity contribution is -0.149. The van der Waals surface area contributed by atoms with Crippen molar-refractivity contribution in [1.29, 1.82) is 0 Å². The van der Waals surface area contributed by atoms with Crippen molar-refractivity contribution < 1.29 is 28.5 Å². The van der Waals surface area contributed by atoms with Crippen LogP contribution >= 0.6 is 0 Å². The molecule has 6 heteroatoms. The Bertz CT molecular complexity index is 766. The van der Waals surface area contributed by atoms with Gasteiger partial charge in [0.05, 0.1) is 24.7 Å². The highest BCUT2D eigenvalue weighted by Gasteiger charge is 2.23. The summed E-state index contributed by atoms with van der Waals surface area (Å²) in [6.45, 7) is 14.9. The van der Waals surface area contributed by atoms with Crippen molar-refractivity contribution >= 4 is 11.9 Å². The highest BCUT2D eigenvalue weighted by molar-refractivity contribution is 5.82. The molecule has 0 amide bonds. The molecule has 0 bridgehead atoms. The minimum atomic E-state index is -0.572. The van der Waals surface area contributed by atoms with Crippen molar-refractivity contribution in [2.75, 3.05) is 0 Å². The number of hydrogen-bond donors (Lipinski definition) is 0. The lowest BCUT2D eigenvalue weighted by Gasteiger charge is -2.26. The SMILES string of the molecule is CC(C)[C@@H](C[C@H](O/C=C/C(=O)OC(C)(C)C)c1ccccc1)O/C=C/C(=O)OC(C)(C)C. The van der Waals surface area contributed by atoms with E-state index in [1.807, 2.05) is 85.7 Å². The smallest absolute Gasteiger partial charge is 0.334 e. The third-order valence-corrected chi connectivity index (χ3v) is 4.08. The van der Waals surface area contributed by atoms with Gasteiger partial charge in [-0.15, -0.1) is 0 Å². The number of esters is 2. The Labute approximate surface area is 192 Å². The lowest BCUT2D eigenvalue weighted by Crippen LogP contribution is -2.24. The fourth-order valence-corrected chi connectivity index (χ4v) is 2.69. The maximum absolute atomic E-state index is 11.9. The summed E-state index contributed by atoms with van der Waals surface area (Å²) in [7, 11) is 0. The van der Waals surface area contributed by atoms with Crippen LogP contribution in [0.4, 0.5) is 0 Å². The van der Waals surface area contributed by atoms with Crippen LogP contribution in [0.15, 0.2) is 55.0 Å². The summed E-state index contributed by atoms with van der Waals surface area (Å²) in [5, 5.41) is 0. The Hall–Kier alpha value is -2.76. The lowest BCUT2D eigenvalue weighted by atomic mass is 9.96.